The number of morpholine rings is 1. The molecule has 0 aliphatic carbocycles. The van der Waals surface area contributed by atoms with Gasteiger partial charge in [-0.25, -0.2) is 9.97 Å². The molecule has 2 aliphatic rings. The molecule has 162 valence electrons. The summed E-state index contributed by atoms with van der Waals surface area (Å²) in [5.74, 6) is 2.26. The van der Waals surface area contributed by atoms with Gasteiger partial charge in [0.05, 0.1) is 25.2 Å². The van der Waals surface area contributed by atoms with E-state index in [-0.39, 0.29) is 0 Å². The Morgan fingerprint density at radius 3 is 2.42 bits per heavy atom. The molecule has 2 aliphatic heterocycles. The maximum atomic E-state index is 6.12. The van der Waals surface area contributed by atoms with Gasteiger partial charge in [-0.05, 0) is 37.5 Å². The van der Waals surface area contributed by atoms with Gasteiger partial charge in [-0.2, -0.15) is 4.98 Å². The van der Waals surface area contributed by atoms with E-state index < -0.39 is 0 Å². The van der Waals surface area contributed by atoms with Gasteiger partial charge >= 0.3 is 0 Å². The molecule has 0 atom stereocenters. The maximum Gasteiger partial charge on any atom is 0.227 e. The standard InChI is InChI=1S/C23H27ClN6O/c1-16-21(27-15-26-16)18-6-8-29(9-7-18)22-20(17-2-4-19(24)5-3-17)14-25-23(28-22)30-10-12-31-13-11-30/h2-5,14-15,18H,6-13H2,1H3,(H,26,27). The number of aromatic amines is 1. The van der Waals surface area contributed by atoms with Crippen LogP contribution in [0.1, 0.15) is 30.1 Å². The van der Waals surface area contributed by atoms with E-state index in [1.165, 1.54) is 11.4 Å². The minimum atomic E-state index is 0.488. The van der Waals surface area contributed by atoms with Crippen LogP contribution < -0.4 is 9.80 Å². The molecule has 2 saturated heterocycles. The lowest BCUT2D eigenvalue weighted by Crippen LogP contribution is -2.38. The summed E-state index contributed by atoms with van der Waals surface area (Å²) in [6, 6.07) is 7.92. The first-order chi connectivity index (χ1) is 15.2. The van der Waals surface area contributed by atoms with Gasteiger partial charge in [0.2, 0.25) is 5.95 Å². The van der Waals surface area contributed by atoms with Gasteiger partial charge < -0.3 is 19.5 Å². The Morgan fingerprint density at radius 1 is 1.00 bits per heavy atom. The number of piperidine rings is 1. The van der Waals surface area contributed by atoms with Gasteiger partial charge in [0.1, 0.15) is 5.82 Å². The first kappa shape index (κ1) is 20.3. The number of imidazole rings is 1. The average molecular weight is 439 g/mol. The molecular weight excluding hydrogens is 412 g/mol. The predicted molar refractivity (Wildman–Crippen MR) is 123 cm³/mol. The molecular formula is C23H27ClN6O. The fourth-order valence-electron chi connectivity index (χ4n) is 4.50. The Hall–Kier alpha value is -2.64. The molecule has 31 heavy (non-hydrogen) atoms. The molecule has 0 bridgehead atoms. The fraction of sp³-hybridized carbons (Fsp3) is 0.435. The Kier molecular flexibility index (Phi) is 5.78. The summed E-state index contributed by atoms with van der Waals surface area (Å²) in [5.41, 5.74) is 4.51. The lowest BCUT2D eigenvalue weighted by Gasteiger charge is -2.34. The van der Waals surface area contributed by atoms with Gasteiger partial charge in [0.15, 0.2) is 0 Å². The predicted octanol–water partition coefficient (Wildman–Crippen LogP) is 4.05. The van der Waals surface area contributed by atoms with E-state index in [4.69, 9.17) is 26.3 Å². The molecule has 8 heteroatoms. The number of ether oxygens (including phenoxy) is 1. The number of aryl methyl sites for hydroxylation is 1. The zero-order valence-corrected chi connectivity index (χ0v) is 18.5. The summed E-state index contributed by atoms with van der Waals surface area (Å²) in [6.07, 6.45) is 5.88. The summed E-state index contributed by atoms with van der Waals surface area (Å²) in [4.78, 5) is 22.1. The molecule has 1 N–H and O–H groups in total. The Morgan fingerprint density at radius 2 is 1.74 bits per heavy atom. The second-order valence-electron chi connectivity index (χ2n) is 8.19. The molecule has 5 rings (SSSR count). The second-order valence-corrected chi connectivity index (χ2v) is 8.62. The van der Waals surface area contributed by atoms with Crippen molar-refractivity contribution < 1.29 is 4.74 Å². The second kappa shape index (κ2) is 8.85. The van der Waals surface area contributed by atoms with E-state index in [2.05, 4.69) is 26.7 Å². The van der Waals surface area contributed by atoms with E-state index in [1.807, 2.05) is 30.5 Å². The van der Waals surface area contributed by atoms with Crippen molar-refractivity contribution in [3.05, 3.63) is 53.2 Å². The van der Waals surface area contributed by atoms with Crippen LogP contribution in [0.5, 0.6) is 0 Å². The van der Waals surface area contributed by atoms with Crippen molar-refractivity contribution in [3.8, 4) is 11.1 Å². The van der Waals surface area contributed by atoms with Crippen LogP contribution in [0.3, 0.4) is 0 Å². The van der Waals surface area contributed by atoms with Gasteiger partial charge in [0, 0.05) is 54.6 Å². The molecule has 0 amide bonds. The minimum absolute atomic E-state index is 0.488. The van der Waals surface area contributed by atoms with Crippen LogP contribution in [0.2, 0.25) is 5.02 Å². The van der Waals surface area contributed by atoms with Crippen LogP contribution in [0, 0.1) is 6.92 Å². The number of hydrogen-bond donors (Lipinski definition) is 1. The minimum Gasteiger partial charge on any atom is -0.378 e. The zero-order chi connectivity index (χ0) is 21.2. The van der Waals surface area contributed by atoms with E-state index in [1.54, 1.807) is 6.33 Å². The number of nitrogens with zero attached hydrogens (tertiary/aromatic N) is 5. The van der Waals surface area contributed by atoms with Gasteiger partial charge in [0.25, 0.3) is 0 Å². The lowest BCUT2D eigenvalue weighted by atomic mass is 9.92. The number of hydrogen-bond acceptors (Lipinski definition) is 6. The van der Waals surface area contributed by atoms with Gasteiger partial charge in [-0.3, -0.25) is 0 Å². The van der Waals surface area contributed by atoms with Gasteiger partial charge in [-0.15, -0.1) is 0 Å². The lowest BCUT2D eigenvalue weighted by molar-refractivity contribution is 0.122. The number of halogens is 1. The highest BCUT2D eigenvalue weighted by molar-refractivity contribution is 6.30. The summed E-state index contributed by atoms with van der Waals surface area (Å²) in [7, 11) is 0. The smallest absolute Gasteiger partial charge is 0.227 e. The van der Waals surface area contributed by atoms with Crippen molar-refractivity contribution in [3.63, 3.8) is 0 Å². The van der Waals surface area contributed by atoms with Crippen molar-refractivity contribution >= 4 is 23.4 Å². The SMILES string of the molecule is Cc1[nH]cnc1C1CCN(c2nc(N3CCOCC3)ncc2-c2ccc(Cl)cc2)CC1. The Labute approximate surface area is 187 Å². The molecule has 2 aromatic heterocycles. The number of rotatable bonds is 4. The van der Waals surface area contributed by atoms with Crippen LogP contribution in [-0.4, -0.2) is 59.3 Å². The first-order valence-corrected chi connectivity index (χ1v) is 11.3. The molecule has 0 radical (unpaired) electrons. The number of nitrogens with one attached hydrogen (secondary N) is 1. The number of benzene rings is 1. The molecule has 0 saturated carbocycles. The number of anilines is 2. The maximum absolute atomic E-state index is 6.12. The van der Waals surface area contributed by atoms with Crippen LogP contribution in [0.25, 0.3) is 11.1 Å². The molecule has 0 unspecified atom stereocenters. The topological polar surface area (TPSA) is 70.2 Å². The summed E-state index contributed by atoms with van der Waals surface area (Å²) < 4.78 is 5.50. The highest BCUT2D eigenvalue weighted by atomic mass is 35.5. The molecule has 2 fully saturated rings. The summed E-state index contributed by atoms with van der Waals surface area (Å²) >= 11 is 6.12. The molecule has 0 spiro atoms. The molecule has 3 aromatic rings. The Bertz CT molecular complexity index is 1020. The van der Waals surface area contributed by atoms with Crippen molar-refractivity contribution in [2.24, 2.45) is 0 Å². The van der Waals surface area contributed by atoms with Gasteiger partial charge in [-0.1, -0.05) is 23.7 Å². The first-order valence-electron chi connectivity index (χ1n) is 10.9. The molecule has 7 nitrogen and oxygen atoms in total. The van der Waals surface area contributed by atoms with Crippen molar-refractivity contribution in [2.45, 2.75) is 25.7 Å². The Balaban J connectivity index is 1.44. The normalized spacial score (nSPS) is 17.9. The number of H-pyrrole nitrogens is 1. The monoisotopic (exact) mass is 438 g/mol. The van der Waals surface area contributed by atoms with E-state index in [0.717, 1.165) is 66.9 Å². The highest BCUT2D eigenvalue weighted by Gasteiger charge is 2.27. The zero-order valence-electron chi connectivity index (χ0n) is 17.7. The third-order valence-electron chi connectivity index (χ3n) is 6.26. The largest absolute Gasteiger partial charge is 0.378 e. The van der Waals surface area contributed by atoms with Crippen LogP contribution in [-0.2, 0) is 4.74 Å². The summed E-state index contributed by atoms with van der Waals surface area (Å²) in [6.45, 7) is 7.05. The van der Waals surface area contributed by atoms with Crippen LogP contribution in [0.4, 0.5) is 11.8 Å². The van der Waals surface area contributed by atoms with E-state index >= 15 is 0 Å². The highest BCUT2D eigenvalue weighted by Crippen LogP contribution is 2.35. The third-order valence-corrected chi connectivity index (χ3v) is 6.51. The van der Waals surface area contributed by atoms with Crippen LogP contribution in [0.15, 0.2) is 36.8 Å². The molecule has 4 heterocycles. The third kappa shape index (κ3) is 4.25. The quantitative estimate of drug-likeness (QED) is 0.662. The van der Waals surface area contributed by atoms with Crippen molar-refractivity contribution in [1.29, 1.82) is 0 Å². The average Bonchev–Trinajstić information content (AvgIpc) is 3.26. The van der Waals surface area contributed by atoms with Crippen LogP contribution >= 0.6 is 11.6 Å². The molecule has 1 aromatic carbocycles. The fourth-order valence-corrected chi connectivity index (χ4v) is 4.63. The summed E-state index contributed by atoms with van der Waals surface area (Å²) in [5, 5.41) is 0.728. The van der Waals surface area contributed by atoms with E-state index in [0.29, 0.717) is 19.1 Å². The van der Waals surface area contributed by atoms with Crippen molar-refractivity contribution in [1.82, 2.24) is 19.9 Å². The number of aromatic nitrogens is 4. The van der Waals surface area contributed by atoms with Crippen molar-refractivity contribution in [2.75, 3.05) is 49.2 Å². The van der Waals surface area contributed by atoms with E-state index in [9.17, 15) is 0 Å².